The van der Waals surface area contributed by atoms with E-state index in [9.17, 15) is 18.0 Å². The van der Waals surface area contributed by atoms with Crippen LogP contribution in [0.4, 0.5) is 24.7 Å². The number of nitrogens with zero attached hydrogens (tertiary/aromatic N) is 2. The largest absolute Gasteiger partial charge is 0.495 e. The first-order valence-corrected chi connectivity index (χ1v) is 10.1. The zero-order valence-electron chi connectivity index (χ0n) is 17.3. The number of ether oxygens (including phenoxy) is 3. The average molecular weight is 460 g/mol. The number of nitrogens with one attached hydrogen (secondary N) is 2. The fourth-order valence-electron chi connectivity index (χ4n) is 3.97. The summed E-state index contributed by atoms with van der Waals surface area (Å²) in [6, 6.07) is 10.5. The lowest BCUT2D eigenvalue weighted by Gasteiger charge is -2.33. The SMILES string of the molecule is COc1ccccc1NC(=O)c1cc2n(n1)[C@H](C(F)(F)F)C[C@@H](c1ccc3c(c1)OCO3)N2. The molecule has 2 atom stereocenters. The number of aromatic nitrogens is 2. The van der Waals surface area contributed by atoms with E-state index in [1.807, 2.05) is 0 Å². The molecule has 0 radical (unpaired) electrons. The molecule has 2 aliphatic rings. The molecule has 0 saturated heterocycles. The van der Waals surface area contributed by atoms with E-state index in [1.54, 1.807) is 42.5 Å². The number of halogens is 3. The summed E-state index contributed by atoms with van der Waals surface area (Å²) in [4.78, 5) is 12.8. The predicted molar refractivity (Wildman–Crippen MR) is 112 cm³/mol. The van der Waals surface area contributed by atoms with Gasteiger partial charge in [0.15, 0.2) is 23.2 Å². The van der Waals surface area contributed by atoms with Crippen molar-refractivity contribution in [1.29, 1.82) is 0 Å². The standard InChI is InChI=1S/C22H19F3N4O4/c1-31-16-5-3-2-4-13(16)27-21(30)15-10-20-26-14(9-19(22(23,24)25)29(20)28-15)12-6-7-17-18(8-12)33-11-32-17/h2-8,10,14,19,26H,9,11H2,1H3,(H,27,30)/t14-,19-/m0/s1. The maximum atomic E-state index is 13.9. The molecule has 5 rings (SSSR count). The molecule has 3 aromatic rings. The van der Waals surface area contributed by atoms with E-state index < -0.39 is 24.2 Å². The van der Waals surface area contributed by atoms with Gasteiger partial charge in [0.1, 0.15) is 11.6 Å². The van der Waals surface area contributed by atoms with Gasteiger partial charge in [0.05, 0.1) is 18.8 Å². The maximum Gasteiger partial charge on any atom is 0.410 e. The lowest BCUT2D eigenvalue weighted by molar-refractivity contribution is -0.173. The van der Waals surface area contributed by atoms with Gasteiger partial charge in [-0.15, -0.1) is 0 Å². The van der Waals surface area contributed by atoms with Crippen LogP contribution in [0.3, 0.4) is 0 Å². The van der Waals surface area contributed by atoms with Gasteiger partial charge in [0, 0.05) is 12.5 Å². The number of fused-ring (bicyclic) bond motifs is 2. The van der Waals surface area contributed by atoms with Gasteiger partial charge in [-0.2, -0.15) is 18.3 Å². The normalized spacial score (nSPS) is 18.9. The van der Waals surface area contributed by atoms with E-state index >= 15 is 0 Å². The first-order chi connectivity index (χ1) is 15.8. The third kappa shape index (κ3) is 3.90. The van der Waals surface area contributed by atoms with E-state index in [0.717, 1.165) is 4.68 Å². The van der Waals surface area contributed by atoms with Gasteiger partial charge < -0.3 is 24.8 Å². The number of hydrogen-bond acceptors (Lipinski definition) is 6. The Balaban J connectivity index is 1.45. The van der Waals surface area contributed by atoms with Crippen LogP contribution in [0.5, 0.6) is 17.2 Å². The Labute approximate surface area is 186 Å². The number of carbonyl (C=O) groups excluding carboxylic acids is 1. The third-order valence-corrected chi connectivity index (χ3v) is 5.58. The van der Waals surface area contributed by atoms with Crippen LogP contribution in [0.25, 0.3) is 0 Å². The monoisotopic (exact) mass is 460 g/mol. The van der Waals surface area contributed by atoms with Crippen molar-refractivity contribution >= 4 is 17.4 Å². The highest BCUT2D eigenvalue weighted by Gasteiger charge is 2.47. The number of alkyl halides is 3. The molecule has 11 heteroatoms. The van der Waals surface area contributed by atoms with Crippen molar-refractivity contribution in [3.63, 3.8) is 0 Å². The zero-order valence-corrected chi connectivity index (χ0v) is 17.3. The summed E-state index contributed by atoms with van der Waals surface area (Å²) in [6.07, 6.45) is -4.86. The van der Waals surface area contributed by atoms with Gasteiger partial charge in [-0.1, -0.05) is 18.2 Å². The van der Waals surface area contributed by atoms with E-state index in [4.69, 9.17) is 14.2 Å². The lowest BCUT2D eigenvalue weighted by atomic mass is 9.96. The van der Waals surface area contributed by atoms with Crippen LogP contribution in [0.1, 0.15) is 34.6 Å². The fourth-order valence-corrected chi connectivity index (χ4v) is 3.97. The molecule has 0 aliphatic carbocycles. The molecule has 0 bridgehead atoms. The van der Waals surface area contributed by atoms with Crippen LogP contribution < -0.4 is 24.8 Å². The molecule has 2 aliphatic heterocycles. The summed E-state index contributed by atoms with van der Waals surface area (Å²) in [6.45, 7) is 0.0689. The van der Waals surface area contributed by atoms with Crippen molar-refractivity contribution in [2.75, 3.05) is 24.5 Å². The molecule has 1 aromatic heterocycles. The molecule has 0 fully saturated rings. The highest BCUT2D eigenvalue weighted by atomic mass is 19.4. The number of amides is 1. The molecule has 0 spiro atoms. The van der Waals surface area contributed by atoms with Gasteiger partial charge in [0.2, 0.25) is 6.79 Å². The van der Waals surface area contributed by atoms with Crippen LogP contribution in [-0.4, -0.2) is 35.8 Å². The molecule has 2 aromatic carbocycles. The van der Waals surface area contributed by atoms with Crippen LogP contribution in [0, 0.1) is 0 Å². The summed E-state index contributed by atoms with van der Waals surface area (Å²) < 4.78 is 58.5. The summed E-state index contributed by atoms with van der Waals surface area (Å²) in [5.74, 6) is 0.889. The second-order valence-corrected chi connectivity index (χ2v) is 7.62. The van der Waals surface area contributed by atoms with Gasteiger partial charge in [-0.25, -0.2) is 4.68 Å². The number of rotatable bonds is 4. The minimum Gasteiger partial charge on any atom is -0.495 e. The summed E-state index contributed by atoms with van der Waals surface area (Å²) in [7, 11) is 1.45. The smallest absolute Gasteiger partial charge is 0.410 e. The molecular formula is C22H19F3N4O4. The van der Waals surface area contributed by atoms with Crippen LogP contribution >= 0.6 is 0 Å². The number of benzene rings is 2. The minimum absolute atomic E-state index is 0.0689. The maximum absolute atomic E-state index is 13.9. The van der Waals surface area contributed by atoms with Crippen molar-refractivity contribution in [3.8, 4) is 17.2 Å². The second kappa shape index (κ2) is 7.91. The summed E-state index contributed by atoms with van der Waals surface area (Å²) in [5, 5.41) is 9.67. The van der Waals surface area contributed by atoms with Gasteiger partial charge >= 0.3 is 6.18 Å². The number of carbonyl (C=O) groups is 1. The molecular weight excluding hydrogens is 441 g/mol. The number of hydrogen-bond donors (Lipinski definition) is 2. The van der Waals surface area contributed by atoms with E-state index in [2.05, 4.69) is 15.7 Å². The molecule has 33 heavy (non-hydrogen) atoms. The summed E-state index contributed by atoms with van der Waals surface area (Å²) in [5.41, 5.74) is 0.847. The van der Waals surface area contributed by atoms with Gasteiger partial charge in [0.25, 0.3) is 5.91 Å². The van der Waals surface area contributed by atoms with Crippen molar-refractivity contribution in [2.45, 2.75) is 24.7 Å². The third-order valence-electron chi connectivity index (χ3n) is 5.58. The van der Waals surface area contributed by atoms with Crippen LogP contribution in [-0.2, 0) is 0 Å². The van der Waals surface area contributed by atoms with Crippen molar-refractivity contribution in [1.82, 2.24) is 9.78 Å². The van der Waals surface area contributed by atoms with Gasteiger partial charge in [-0.05, 0) is 29.8 Å². The first kappa shape index (κ1) is 21.0. The highest BCUT2D eigenvalue weighted by molar-refractivity contribution is 6.04. The van der Waals surface area contributed by atoms with Crippen LogP contribution in [0.15, 0.2) is 48.5 Å². The molecule has 3 heterocycles. The highest BCUT2D eigenvalue weighted by Crippen LogP contribution is 2.45. The molecule has 0 saturated carbocycles. The predicted octanol–water partition coefficient (Wildman–Crippen LogP) is 4.53. The molecule has 1 amide bonds. The summed E-state index contributed by atoms with van der Waals surface area (Å²) >= 11 is 0. The van der Waals surface area contributed by atoms with Crippen LogP contribution in [0.2, 0.25) is 0 Å². The Hall–Kier alpha value is -3.89. The molecule has 8 nitrogen and oxygen atoms in total. The Morgan fingerprint density at radius 2 is 1.97 bits per heavy atom. The second-order valence-electron chi connectivity index (χ2n) is 7.62. The van der Waals surface area contributed by atoms with Crippen molar-refractivity contribution in [2.24, 2.45) is 0 Å². The Bertz CT molecular complexity index is 1210. The lowest BCUT2D eigenvalue weighted by Crippen LogP contribution is -2.35. The topological polar surface area (TPSA) is 86.6 Å². The quantitative estimate of drug-likeness (QED) is 0.595. The minimum atomic E-state index is -4.56. The Kier molecular flexibility index (Phi) is 5.03. The van der Waals surface area contributed by atoms with E-state index in [1.165, 1.54) is 13.2 Å². The van der Waals surface area contributed by atoms with Gasteiger partial charge in [-0.3, -0.25) is 4.79 Å². The molecule has 0 unspecified atom stereocenters. The molecule has 172 valence electrons. The van der Waals surface area contributed by atoms with E-state index in [-0.39, 0.29) is 24.7 Å². The van der Waals surface area contributed by atoms with E-state index in [0.29, 0.717) is 28.5 Å². The molecule has 2 N–H and O–H groups in total. The number of anilines is 2. The fraction of sp³-hybridized carbons (Fsp3) is 0.273. The first-order valence-electron chi connectivity index (χ1n) is 10.1. The average Bonchev–Trinajstić information content (AvgIpc) is 3.44. The Morgan fingerprint density at radius 1 is 1.18 bits per heavy atom. The van der Waals surface area contributed by atoms with Crippen molar-refractivity contribution in [3.05, 3.63) is 59.8 Å². The number of methoxy groups -OCH3 is 1. The Morgan fingerprint density at radius 3 is 2.76 bits per heavy atom. The number of para-hydroxylation sites is 2. The zero-order chi connectivity index (χ0) is 23.2. The van der Waals surface area contributed by atoms with Crippen molar-refractivity contribution < 1.29 is 32.2 Å².